The maximum atomic E-state index is 13.5. The van der Waals surface area contributed by atoms with Crippen molar-refractivity contribution < 1.29 is 4.39 Å². The molecule has 0 aliphatic rings. The maximum absolute atomic E-state index is 13.5. The Balaban J connectivity index is 2.24. The van der Waals surface area contributed by atoms with Gasteiger partial charge in [-0.1, -0.05) is 44.2 Å². The molecule has 0 aliphatic carbocycles. The molecule has 100 valence electrons. The van der Waals surface area contributed by atoms with E-state index >= 15 is 0 Å². The molecule has 0 amide bonds. The van der Waals surface area contributed by atoms with Gasteiger partial charge in [-0.2, -0.15) is 0 Å². The van der Waals surface area contributed by atoms with Crippen LogP contribution in [0, 0.1) is 11.7 Å². The lowest BCUT2D eigenvalue weighted by Crippen LogP contribution is -2.16. The fourth-order valence-corrected chi connectivity index (χ4v) is 2.31. The van der Waals surface area contributed by atoms with E-state index in [2.05, 4.69) is 47.2 Å². The van der Waals surface area contributed by atoms with Crippen LogP contribution in [0.25, 0.3) is 0 Å². The summed E-state index contributed by atoms with van der Waals surface area (Å²) in [4.78, 5) is 0. The minimum absolute atomic E-state index is 0.168. The Morgan fingerprint density at radius 1 is 1.05 bits per heavy atom. The number of rotatable bonds is 4. The Morgan fingerprint density at radius 3 is 2.32 bits per heavy atom. The van der Waals surface area contributed by atoms with Gasteiger partial charge in [0, 0.05) is 5.69 Å². The van der Waals surface area contributed by atoms with Crippen molar-refractivity contribution in [2.24, 2.45) is 5.92 Å². The summed E-state index contributed by atoms with van der Waals surface area (Å²) in [6.07, 6.45) is 0. The van der Waals surface area contributed by atoms with Crippen molar-refractivity contribution in [1.82, 2.24) is 0 Å². The molecule has 19 heavy (non-hydrogen) atoms. The SMILES string of the molecule is CC(C)C(Nc1ccc(Br)c(F)c1)c1ccccc1. The highest BCUT2D eigenvalue weighted by atomic mass is 79.9. The first kappa shape index (κ1) is 14.1. The molecule has 1 N–H and O–H groups in total. The Bertz CT molecular complexity index is 540. The first-order valence-corrected chi connectivity index (χ1v) is 7.14. The van der Waals surface area contributed by atoms with Crippen LogP contribution in [0.3, 0.4) is 0 Å². The van der Waals surface area contributed by atoms with E-state index in [-0.39, 0.29) is 11.9 Å². The maximum Gasteiger partial charge on any atom is 0.139 e. The largest absolute Gasteiger partial charge is 0.378 e. The Labute approximate surface area is 122 Å². The number of anilines is 1. The minimum atomic E-state index is -0.249. The van der Waals surface area contributed by atoms with Gasteiger partial charge in [-0.25, -0.2) is 4.39 Å². The lowest BCUT2D eigenvalue weighted by atomic mass is 9.96. The van der Waals surface area contributed by atoms with E-state index in [0.717, 1.165) is 5.69 Å². The first-order valence-electron chi connectivity index (χ1n) is 6.34. The zero-order chi connectivity index (χ0) is 13.8. The van der Waals surface area contributed by atoms with E-state index < -0.39 is 0 Å². The second kappa shape index (κ2) is 6.20. The van der Waals surface area contributed by atoms with Crippen LogP contribution >= 0.6 is 15.9 Å². The smallest absolute Gasteiger partial charge is 0.139 e. The number of halogens is 2. The molecule has 2 rings (SSSR count). The Kier molecular flexibility index (Phi) is 4.59. The average Bonchev–Trinajstić information content (AvgIpc) is 2.40. The molecule has 0 heterocycles. The molecule has 1 nitrogen and oxygen atoms in total. The highest BCUT2D eigenvalue weighted by Crippen LogP contribution is 2.28. The molecule has 0 radical (unpaired) electrons. The van der Waals surface area contributed by atoms with E-state index in [1.165, 1.54) is 11.6 Å². The van der Waals surface area contributed by atoms with Crippen molar-refractivity contribution in [1.29, 1.82) is 0 Å². The van der Waals surface area contributed by atoms with Gasteiger partial charge < -0.3 is 5.32 Å². The summed E-state index contributed by atoms with van der Waals surface area (Å²) in [6, 6.07) is 15.5. The number of nitrogens with one attached hydrogen (secondary N) is 1. The van der Waals surface area contributed by atoms with Crippen LogP contribution in [0.5, 0.6) is 0 Å². The zero-order valence-corrected chi connectivity index (χ0v) is 12.6. The Morgan fingerprint density at radius 2 is 1.74 bits per heavy atom. The summed E-state index contributed by atoms with van der Waals surface area (Å²) in [7, 11) is 0. The summed E-state index contributed by atoms with van der Waals surface area (Å²) in [5.41, 5.74) is 2.00. The van der Waals surface area contributed by atoms with Gasteiger partial charge in [-0.05, 0) is 45.6 Å². The second-order valence-corrected chi connectivity index (χ2v) is 5.76. The third-order valence-corrected chi connectivity index (χ3v) is 3.71. The molecule has 0 bridgehead atoms. The van der Waals surface area contributed by atoms with Crippen LogP contribution in [0.1, 0.15) is 25.5 Å². The molecule has 2 aromatic carbocycles. The molecule has 1 atom stereocenters. The van der Waals surface area contributed by atoms with Crippen LogP contribution in [-0.4, -0.2) is 0 Å². The van der Waals surface area contributed by atoms with E-state index in [4.69, 9.17) is 0 Å². The molecule has 0 saturated heterocycles. The molecule has 0 aliphatic heterocycles. The zero-order valence-electron chi connectivity index (χ0n) is 11.0. The molecule has 0 saturated carbocycles. The molecule has 1 unspecified atom stereocenters. The quantitative estimate of drug-likeness (QED) is 0.795. The van der Waals surface area contributed by atoms with Crippen LogP contribution in [0.4, 0.5) is 10.1 Å². The lowest BCUT2D eigenvalue weighted by Gasteiger charge is -2.24. The molecule has 3 heteroatoms. The Hall–Kier alpha value is -1.35. The molecule has 0 fully saturated rings. The molecular weight excluding hydrogens is 305 g/mol. The predicted molar refractivity (Wildman–Crippen MR) is 81.7 cm³/mol. The van der Waals surface area contributed by atoms with Crippen LogP contribution in [0.2, 0.25) is 0 Å². The summed E-state index contributed by atoms with van der Waals surface area (Å²) in [5.74, 6) is 0.162. The highest BCUT2D eigenvalue weighted by molar-refractivity contribution is 9.10. The van der Waals surface area contributed by atoms with E-state index in [1.807, 2.05) is 24.3 Å². The fourth-order valence-electron chi connectivity index (χ4n) is 2.06. The highest BCUT2D eigenvalue weighted by Gasteiger charge is 2.15. The van der Waals surface area contributed by atoms with Crippen molar-refractivity contribution in [2.75, 3.05) is 5.32 Å². The van der Waals surface area contributed by atoms with E-state index in [0.29, 0.717) is 10.4 Å². The summed E-state index contributed by atoms with van der Waals surface area (Å²) < 4.78 is 14.0. The van der Waals surface area contributed by atoms with Crippen molar-refractivity contribution in [2.45, 2.75) is 19.9 Å². The van der Waals surface area contributed by atoms with Gasteiger partial charge in [0.1, 0.15) is 5.82 Å². The topological polar surface area (TPSA) is 12.0 Å². The molecule has 0 aromatic heterocycles. The molecule has 2 aromatic rings. The minimum Gasteiger partial charge on any atom is -0.378 e. The predicted octanol–water partition coefficient (Wildman–Crippen LogP) is 5.40. The van der Waals surface area contributed by atoms with Gasteiger partial charge in [-0.15, -0.1) is 0 Å². The van der Waals surface area contributed by atoms with Crippen LogP contribution < -0.4 is 5.32 Å². The number of benzene rings is 2. The van der Waals surface area contributed by atoms with Gasteiger partial charge in [0.05, 0.1) is 10.5 Å². The van der Waals surface area contributed by atoms with E-state index in [9.17, 15) is 4.39 Å². The van der Waals surface area contributed by atoms with Crippen molar-refractivity contribution in [3.8, 4) is 0 Å². The monoisotopic (exact) mass is 321 g/mol. The average molecular weight is 322 g/mol. The third kappa shape index (κ3) is 3.57. The summed E-state index contributed by atoms with van der Waals surface area (Å²) in [6.45, 7) is 4.31. The van der Waals surface area contributed by atoms with Gasteiger partial charge in [0.2, 0.25) is 0 Å². The van der Waals surface area contributed by atoms with Gasteiger partial charge in [0.25, 0.3) is 0 Å². The first-order chi connectivity index (χ1) is 9.08. The standard InChI is InChI=1S/C16H17BrFN/c1-11(2)16(12-6-4-3-5-7-12)19-13-8-9-14(17)15(18)10-13/h3-11,16,19H,1-2H3. The van der Waals surface area contributed by atoms with Crippen LogP contribution in [0.15, 0.2) is 53.0 Å². The summed E-state index contributed by atoms with van der Waals surface area (Å²) in [5, 5.41) is 3.40. The van der Waals surface area contributed by atoms with Crippen molar-refractivity contribution >= 4 is 21.6 Å². The summed E-state index contributed by atoms with van der Waals surface area (Å²) >= 11 is 3.17. The van der Waals surface area contributed by atoms with Gasteiger partial charge in [0.15, 0.2) is 0 Å². The van der Waals surface area contributed by atoms with E-state index in [1.54, 1.807) is 6.07 Å². The van der Waals surface area contributed by atoms with Crippen molar-refractivity contribution in [3.05, 3.63) is 64.4 Å². The normalized spacial score (nSPS) is 12.5. The van der Waals surface area contributed by atoms with Crippen molar-refractivity contribution in [3.63, 3.8) is 0 Å². The lowest BCUT2D eigenvalue weighted by molar-refractivity contribution is 0.545. The fraction of sp³-hybridized carbons (Fsp3) is 0.250. The molecular formula is C16H17BrFN. The molecule has 0 spiro atoms. The van der Waals surface area contributed by atoms with Gasteiger partial charge >= 0.3 is 0 Å². The number of hydrogen-bond donors (Lipinski definition) is 1. The van der Waals surface area contributed by atoms with Gasteiger partial charge in [-0.3, -0.25) is 0 Å². The number of hydrogen-bond acceptors (Lipinski definition) is 1. The van der Waals surface area contributed by atoms with Crippen LogP contribution in [-0.2, 0) is 0 Å². The second-order valence-electron chi connectivity index (χ2n) is 4.91. The third-order valence-electron chi connectivity index (χ3n) is 3.07.